The number of hydrogen-bond donors (Lipinski definition) is 2. The Morgan fingerprint density at radius 2 is 1.81 bits per heavy atom. The van der Waals surface area contributed by atoms with Crippen LogP contribution in [0.1, 0.15) is 33.3 Å². The number of nitrogens with one attached hydrogen (secondary N) is 1. The molecule has 2 aromatic carbocycles. The van der Waals surface area contributed by atoms with Gasteiger partial charge in [-0.3, -0.25) is 24.5 Å². The van der Waals surface area contributed by atoms with Crippen molar-refractivity contribution in [1.29, 1.82) is 0 Å². The van der Waals surface area contributed by atoms with Crippen LogP contribution in [0.5, 0.6) is 0 Å². The van der Waals surface area contributed by atoms with Gasteiger partial charge in [-0.25, -0.2) is 4.79 Å². The van der Waals surface area contributed by atoms with Gasteiger partial charge in [0.25, 0.3) is 5.69 Å². The Kier molecular flexibility index (Phi) is 8.13. The molecule has 1 aliphatic heterocycles. The third-order valence-electron chi connectivity index (χ3n) is 4.47. The summed E-state index contributed by atoms with van der Waals surface area (Å²) in [5.41, 5.74) is 1.91. The summed E-state index contributed by atoms with van der Waals surface area (Å²) in [4.78, 5) is 54.7. The van der Waals surface area contributed by atoms with E-state index < -0.39 is 23.5 Å². The maximum atomic E-state index is 11.2. The van der Waals surface area contributed by atoms with Crippen LogP contribution in [0.15, 0.2) is 36.4 Å². The van der Waals surface area contributed by atoms with Crippen molar-refractivity contribution in [3.05, 3.63) is 68.8 Å². The maximum absolute atomic E-state index is 11.2. The Morgan fingerprint density at radius 3 is 2.41 bits per heavy atom. The molecule has 0 atom stereocenters. The number of aliphatic hydroxyl groups is 1. The van der Waals surface area contributed by atoms with E-state index in [1.54, 1.807) is 18.2 Å². The van der Waals surface area contributed by atoms with Crippen LogP contribution in [0.25, 0.3) is 0 Å². The number of methoxy groups -OCH3 is 2. The van der Waals surface area contributed by atoms with Gasteiger partial charge in [-0.1, -0.05) is 18.2 Å². The van der Waals surface area contributed by atoms with Crippen LogP contribution in [0.2, 0.25) is 0 Å². The fourth-order valence-corrected chi connectivity index (χ4v) is 2.83. The summed E-state index contributed by atoms with van der Waals surface area (Å²) in [7, 11) is 2.37. The lowest BCUT2D eigenvalue weighted by Crippen LogP contribution is -2.08. The highest BCUT2D eigenvalue weighted by atomic mass is 16.6. The number of fused-ring (bicyclic) bond motifs is 1. The maximum Gasteiger partial charge on any atom is 0.338 e. The van der Waals surface area contributed by atoms with Crippen molar-refractivity contribution in [1.82, 2.24) is 0 Å². The van der Waals surface area contributed by atoms with Gasteiger partial charge in [-0.2, -0.15) is 0 Å². The molecule has 0 bridgehead atoms. The topological polar surface area (TPSA) is 162 Å². The average Bonchev–Trinajstić information content (AvgIpc) is 3.17. The van der Waals surface area contributed by atoms with Gasteiger partial charge in [0.2, 0.25) is 5.91 Å². The van der Waals surface area contributed by atoms with E-state index in [-0.39, 0.29) is 36.4 Å². The first-order chi connectivity index (χ1) is 15.2. The standard InChI is InChI=1S/C11H11NO6.C10H9NO3.H2/c1-17-10(13)6-7-3-4-8(11(14)18-2)5-9(7)12(15)16;12-5-9(13)7-2-1-6-4-10(14)11-8(6)3-7;/h3-5H,6H2,1-2H3;1-3,12H,4-5H2,(H,11,14);1H. The lowest BCUT2D eigenvalue weighted by molar-refractivity contribution is -0.385. The summed E-state index contributed by atoms with van der Waals surface area (Å²) >= 11 is 0. The van der Waals surface area contributed by atoms with Crippen LogP contribution in [-0.4, -0.2) is 54.5 Å². The Balaban J connectivity index is 0.000000328. The van der Waals surface area contributed by atoms with E-state index in [0.29, 0.717) is 17.7 Å². The molecule has 0 fully saturated rings. The molecule has 2 N–H and O–H groups in total. The van der Waals surface area contributed by atoms with E-state index >= 15 is 0 Å². The number of anilines is 1. The van der Waals surface area contributed by atoms with E-state index in [1.165, 1.54) is 26.4 Å². The van der Waals surface area contributed by atoms with Crippen molar-refractivity contribution in [3.63, 3.8) is 0 Å². The molecule has 0 spiro atoms. The highest BCUT2D eigenvalue weighted by Gasteiger charge is 2.20. The number of carbonyl (C=O) groups is 4. The first-order valence-corrected chi connectivity index (χ1v) is 9.19. The van der Waals surface area contributed by atoms with Gasteiger partial charge in [-0.15, -0.1) is 0 Å². The number of carbonyl (C=O) groups excluding carboxylic acids is 4. The number of benzene rings is 2. The van der Waals surface area contributed by atoms with Crippen LogP contribution in [0, 0.1) is 10.1 Å². The van der Waals surface area contributed by atoms with Crippen molar-refractivity contribution >= 4 is 35.0 Å². The second-order valence-corrected chi connectivity index (χ2v) is 6.52. The summed E-state index contributed by atoms with van der Waals surface area (Å²) in [6.45, 7) is -0.507. The van der Waals surface area contributed by atoms with Crippen molar-refractivity contribution < 1.29 is 40.1 Å². The molecule has 0 aromatic heterocycles. The highest BCUT2D eigenvalue weighted by molar-refractivity contribution is 6.03. The molecular formula is C21H22N2O9. The zero-order valence-electron chi connectivity index (χ0n) is 17.2. The number of nitro groups is 1. The fourth-order valence-electron chi connectivity index (χ4n) is 2.83. The molecule has 11 nitrogen and oxygen atoms in total. The van der Waals surface area contributed by atoms with Gasteiger partial charge in [0, 0.05) is 24.3 Å². The number of Topliss-reactive ketones (excluding diaryl/α,β-unsaturated/α-hetero) is 1. The minimum absolute atomic E-state index is 0. The summed E-state index contributed by atoms with van der Waals surface area (Å²) in [5, 5.41) is 22.2. The molecule has 32 heavy (non-hydrogen) atoms. The van der Waals surface area contributed by atoms with Crippen molar-refractivity contribution in [2.75, 3.05) is 26.1 Å². The van der Waals surface area contributed by atoms with Crippen LogP contribution in [0.4, 0.5) is 11.4 Å². The molecule has 1 amide bonds. The molecule has 1 aliphatic rings. The van der Waals surface area contributed by atoms with Gasteiger partial charge in [0.15, 0.2) is 5.78 Å². The number of nitrogens with zero attached hydrogens (tertiary/aromatic N) is 1. The number of rotatable bonds is 6. The smallest absolute Gasteiger partial charge is 0.338 e. The first-order valence-electron chi connectivity index (χ1n) is 9.19. The number of amides is 1. The molecule has 11 heteroatoms. The Morgan fingerprint density at radius 1 is 1.12 bits per heavy atom. The van der Waals surface area contributed by atoms with Gasteiger partial charge < -0.3 is 19.9 Å². The lowest BCUT2D eigenvalue weighted by atomic mass is 10.1. The highest BCUT2D eigenvalue weighted by Crippen LogP contribution is 2.24. The van der Waals surface area contributed by atoms with E-state index in [0.717, 1.165) is 11.6 Å². The molecule has 170 valence electrons. The van der Waals surface area contributed by atoms with Crippen molar-refractivity contribution in [3.8, 4) is 0 Å². The Labute approximate surface area is 183 Å². The van der Waals surface area contributed by atoms with Crippen molar-refractivity contribution in [2.45, 2.75) is 12.8 Å². The minimum atomic E-state index is -0.678. The second kappa shape index (κ2) is 10.8. The monoisotopic (exact) mass is 446 g/mol. The van der Waals surface area contributed by atoms with E-state index in [9.17, 15) is 29.3 Å². The Hall–Kier alpha value is -4.12. The first kappa shape index (κ1) is 24.2. The molecule has 0 radical (unpaired) electrons. The number of hydrogen-bond acceptors (Lipinski definition) is 9. The normalized spacial score (nSPS) is 11.4. The van der Waals surface area contributed by atoms with E-state index in [2.05, 4.69) is 14.8 Å². The van der Waals surface area contributed by atoms with Crippen LogP contribution in [0.3, 0.4) is 0 Å². The van der Waals surface area contributed by atoms with Crippen LogP contribution < -0.4 is 5.32 Å². The molecule has 0 saturated heterocycles. The molecule has 0 unspecified atom stereocenters. The SMILES string of the molecule is COC(=O)Cc1ccc(C(=O)OC)cc1[N+](=O)[O-].O=C1Cc2ccc(C(=O)CO)cc2N1.[HH]. The third kappa shape index (κ3) is 5.95. The molecule has 2 aromatic rings. The number of aliphatic hydroxyl groups excluding tert-OH is 1. The van der Waals surface area contributed by atoms with E-state index in [4.69, 9.17) is 5.11 Å². The fraction of sp³-hybridized carbons (Fsp3) is 0.238. The number of esters is 2. The largest absolute Gasteiger partial charge is 0.469 e. The van der Waals surface area contributed by atoms with Gasteiger partial charge in [-0.05, 0) is 17.7 Å². The van der Waals surface area contributed by atoms with Gasteiger partial charge >= 0.3 is 11.9 Å². The van der Waals surface area contributed by atoms with Crippen LogP contribution >= 0.6 is 0 Å². The summed E-state index contributed by atoms with van der Waals surface area (Å²) in [5.74, 6) is -1.67. The van der Waals surface area contributed by atoms with Crippen molar-refractivity contribution in [2.24, 2.45) is 0 Å². The number of ether oxygens (including phenoxy) is 2. The second-order valence-electron chi connectivity index (χ2n) is 6.52. The molecular weight excluding hydrogens is 424 g/mol. The zero-order chi connectivity index (χ0) is 23.8. The molecule has 0 saturated carbocycles. The predicted octanol–water partition coefficient (Wildman–Crippen LogP) is 1.70. The number of nitro benzene ring substituents is 1. The Bertz CT molecular complexity index is 1090. The summed E-state index contributed by atoms with van der Waals surface area (Å²) in [6, 6.07) is 8.72. The third-order valence-corrected chi connectivity index (χ3v) is 4.47. The zero-order valence-corrected chi connectivity index (χ0v) is 17.2. The van der Waals surface area contributed by atoms with E-state index in [1.807, 2.05) is 0 Å². The number of ketones is 1. The minimum Gasteiger partial charge on any atom is -0.469 e. The van der Waals surface area contributed by atoms with Gasteiger partial charge in [0.1, 0.15) is 6.61 Å². The van der Waals surface area contributed by atoms with Crippen LogP contribution in [-0.2, 0) is 31.9 Å². The molecule has 0 aliphatic carbocycles. The summed E-state index contributed by atoms with van der Waals surface area (Å²) < 4.78 is 8.89. The average molecular weight is 446 g/mol. The summed E-state index contributed by atoms with van der Waals surface area (Å²) in [6.07, 6.45) is 0.136. The van der Waals surface area contributed by atoms with Gasteiger partial charge in [0.05, 0.1) is 37.5 Å². The lowest BCUT2D eigenvalue weighted by Gasteiger charge is -2.04. The molecule has 3 rings (SSSR count). The quantitative estimate of drug-likeness (QED) is 0.291. The molecule has 1 heterocycles. The predicted molar refractivity (Wildman–Crippen MR) is 112 cm³/mol.